The van der Waals surface area contributed by atoms with Crippen LogP contribution in [-0.2, 0) is 12.7 Å². The second-order valence-corrected chi connectivity index (χ2v) is 8.57. The first-order valence-corrected chi connectivity index (χ1v) is 11.1. The van der Waals surface area contributed by atoms with E-state index in [1.807, 2.05) is 13.8 Å². The largest absolute Gasteiger partial charge is 0.478 e. The lowest BCUT2D eigenvalue weighted by molar-refractivity contribution is -0.137. The smallest absolute Gasteiger partial charge is 0.416 e. The van der Waals surface area contributed by atoms with Gasteiger partial charge in [0.05, 0.1) is 39.4 Å². The molecule has 5 N–H and O–H groups in total. The number of benzene rings is 3. The van der Waals surface area contributed by atoms with Crippen LogP contribution in [0, 0.1) is 5.92 Å². The van der Waals surface area contributed by atoms with Gasteiger partial charge in [-0.05, 0) is 60.5 Å². The summed E-state index contributed by atoms with van der Waals surface area (Å²) in [6, 6.07) is 13.4. The lowest BCUT2D eigenvalue weighted by Gasteiger charge is -2.19. The number of nitrogens with one attached hydrogen (secondary N) is 3. The van der Waals surface area contributed by atoms with Gasteiger partial charge in [0.15, 0.2) is 0 Å². The zero-order chi connectivity index (χ0) is 26.5. The Morgan fingerprint density at radius 1 is 0.806 bits per heavy atom. The van der Waals surface area contributed by atoms with E-state index in [2.05, 4.69) is 16.0 Å². The molecule has 190 valence electrons. The highest BCUT2D eigenvalue weighted by molar-refractivity contribution is 5.98. The fourth-order valence-corrected chi connectivity index (χ4v) is 3.49. The molecular weight excluding hydrogens is 475 g/mol. The van der Waals surface area contributed by atoms with Gasteiger partial charge in [0.2, 0.25) is 0 Å². The molecule has 10 heteroatoms. The highest BCUT2D eigenvalue weighted by Gasteiger charge is 2.31. The quantitative estimate of drug-likeness (QED) is 0.221. The van der Waals surface area contributed by atoms with Crippen LogP contribution in [0.5, 0.6) is 0 Å². The number of carboxylic acids is 2. The topological polar surface area (TPSA) is 111 Å². The molecule has 0 aliphatic heterocycles. The molecule has 0 atom stereocenters. The number of anilines is 4. The Morgan fingerprint density at radius 2 is 1.42 bits per heavy atom. The van der Waals surface area contributed by atoms with Gasteiger partial charge in [0.25, 0.3) is 0 Å². The number of aromatic carboxylic acids is 2. The van der Waals surface area contributed by atoms with Crippen molar-refractivity contribution in [1.82, 2.24) is 5.32 Å². The first-order chi connectivity index (χ1) is 17.0. The van der Waals surface area contributed by atoms with Gasteiger partial charge in [-0.3, -0.25) is 0 Å². The molecule has 0 radical (unpaired) electrons. The van der Waals surface area contributed by atoms with Gasteiger partial charge in [-0.15, -0.1) is 0 Å². The molecule has 0 amide bonds. The summed E-state index contributed by atoms with van der Waals surface area (Å²) in [7, 11) is 0. The standard InChI is InChI=1S/C26H26F3N3O4/c1-15(2)13-30-14-16-7-9-21(19(11-16)25(35)36)32-23-12-17(26(27,28)29)8-10-22(23)31-20-6-4-3-5-18(20)24(33)34/h3-12,15,30-32H,13-14H2,1-2H3,(H,33,34)(H,35,36). The number of para-hydroxylation sites is 1. The number of halogens is 3. The van der Waals surface area contributed by atoms with Gasteiger partial charge >= 0.3 is 18.1 Å². The fourth-order valence-electron chi connectivity index (χ4n) is 3.49. The summed E-state index contributed by atoms with van der Waals surface area (Å²) in [5.41, 5.74) is -0.124. The van der Waals surface area contributed by atoms with Crippen molar-refractivity contribution < 1.29 is 33.0 Å². The summed E-state index contributed by atoms with van der Waals surface area (Å²) in [4.78, 5) is 23.5. The van der Waals surface area contributed by atoms with Crippen LogP contribution in [-0.4, -0.2) is 28.7 Å². The number of hydrogen-bond donors (Lipinski definition) is 5. The lowest BCUT2D eigenvalue weighted by atomic mass is 10.1. The van der Waals surface area contributed by atoms with E-state index in [4.69, 9.17) is 0 Å². The second-order valence-electron chi connectivity index (χ2n) is 8.57. The van der Waals surface area contributed by atoms with Crippen molar-refractivity contribution in [2.24, 2.45) is 5.92 Å². The van der Waals surface area contributed by atoms with Gasteiger partial charge in [-0.2, -0.15) is 13.2 Å². The Balaban J connectivity index is 2.01. The number of carbonyl (C=O) groups is 2. The number of rotatable bonds is 10. The Morgan fingerprint density at radius 3 is 2.06 bits per heavy atom. The predicted molar refractivity (Wildman–Crippen MR) is 131 cm³/mol. The van der Waals surface area contributed by atoms with E-state index >= 15 is 0 Å². The van der Waals surface area contributed by atoms with Crippen molar-refractivity contribution in [3.63, 3.8) is 0 Å². The Kier molecular flexibility index (Phi) is 8.21. The molecule has 0 aromatic heterocycles. The highest BCUT2D eigenvalue weighted by Crippen LogP contribution is 2.37. The first-order valence-electron chi connectivity index (χ1n) is 11.1. The summed E-state index contributed by atoms with van der Waals surface area (Å²) in [5.74, 6) is -2.06. The number of hydrogen-bond acceptors (Lipinski definition) is 5. The van der Waals surface area contributed by atoms with Crippen LogP contribution in [0.1, 0.15) is 45.7 Å². The molecule has 3 aromatic rings. The first kappa shape index (κ1) is 26.6. The summed E-state index contributed by atoms with van der Waals surface area (Å²) in [6.07, 6.45) is -4.64. The van der Waals surface area contributed by atoms with E-state index in [0.717, 1.165) is 24.7 Å². The minimum Gasteiger partial charge on any atom is -0.478 e. The van der Waals surface area contributed by atoms with Crippen molar-refractivity contribution in [1.29, 1.82) is 0 Å². The molecule has 0 bridgehead atoms. The molecule has 36 heavy (non-hydrogen) atoms. The third-order valence-electron chi connectivity index (χ3n) is 5.24. The highest BCUT2D eigenvalue weighted by atomic mass is 19.4. The zero-order valence-electron chi connectivity index (χ0n) is 19.6. The molecule has 0 saturated carbocycles. The maximum atomic E-state index is 13.4. The van der Waals surface area contributed by atoms with E-state index < -0.39 is 23.7 Å². The summed E-state index contributed by atoms with van der Waals surface area (Å²) >= 11 is 0. The SMILES string of the molecule is CC(C)CNCc1ccc(Nc2cc(C(F)(F)F)ccc2Nc2ccccc2C(=O)O)c(C(=O)O)c1. The van der Waals surface area contributed by atoms with Gasteiger partial charge in [0.1, 0.15) is 0 Å². The van der Waals surface area contributed by atoms with Gasteiger partial charge in [0, 0.05) is 6.54 Å². The predicted octanol–water partition coefficient (Wildman–Crippen LogP) is 6.33. The molecule has 0 saturated heterocycles. The number of alkyl halides is 3. The number of carboxylic acid groups (broad SMARTS) is 2. The van der Waals surface area contributed by atoms with E-state index in [0.29, 0.717) is 18.0 Å². The Hall–Kier alpha value is -4.05. The van der Waals surface area contributed by atoms with E-state index in [1.54, 1.807) is 12.1 Å². The third-order valence-corrected chi connectivity index (χ3v) is 5.24. The van der Waals surface area contributed by atoms with Crippen LogP contribution in [0.15, 0.2) is 60.7 Å². The fraction of sp³-hybridized carbons (Fsp3) is 0.231. The van der Waals surface area contributed by atoms with Crippen LogP contribution in [0.2, 0.25) is 0 Å². The minimum absolute atomic E-state index is 0.0711. The Bertz CT molecular complexity index is 1260. The molecule has 0 aliphatic rings. The van der Waals surface area contributed by atoms with Crippen LogP contribution >= 0.6 is 0 Å². The van der Waals surface area contributed by atoms with Crippen LogP contribution < -0.4 is 16.0 Å². The van der Waals surface area contributed by atoms with Crippen LogP contribution in [0.3, 0.4) is 0 Å². The maximum absolute atomic E-state index is 13.4. The van der Waals surface area contributed by atoms with Gasteiger partial charge in [-0.25, -0.2) is 9.59 Å². The van der Waals surface area contributed by atoms with E-state index in [-0.39, 0.29) is 33.9 Å². The molecule has 0 spiro atoms. The van der Waals surface area contributed by atoms with Crippen molar-refractivity contribution >= 4 is 34.7 Å². The van der Waals surface area contributed by atoms with Crippen molar-refractivity contribution in [3.05, 3.63) is 82.9 Å². The summed E-state index contributed by atoms with van der Waals surface area (Å²) in [6.45, 7) is 5.25. The van der Waals surface area contributed by atoms with E-state index in [9.17, 15) is 33.0 Å². The minimum atomic E-state index is -4.64. The van der Waals surface area contributed by atoms with Crippen LogP contribution in [0.25, 0.3) is 0 Å². The normalized spacial score (nSPS) is 11.4. The summed E-state index contributed by atoms with van der Waals surface area (Å²) in [5, 5.41) is 28.0. The average molecular weight is 502 g/mol. The molecule has 0 unspecified atom stereocenters. The molecule has 3 rings (SSSR count). The molecular formula is C26H26F3N3O4. The van der Waals surface area contributed by atoms with Gasteiger partial charge in [-0.1, -0.05) is 32.0 Å². The molecule has 3 aromatic carbocycles. The molecule has 7 nitrogen and oxygen atoms in total. The van der Waals surface area contributed by atoms with Crippen molar-refractivity contribution in [2.45, 2.75) is 26.6 Å². The van der Waals surface area contributed by atoms with Crippen LogP contribution in [0.4, 0.5) is 35.9 Å². The molecule has 0 fully saturated rings. The monoisotopic (exact) mass is 501 g/mol. The maximum Gasteiger partial charge on any atom is 0.416 e. The van der Waals surface area contributed by atoms with E-state index in [1.165, 1.54) is 30.3 Å². The zero-order valence-corrected chi connectivity index (χ0v) is 19.6. The summed E-state index contributed by atoms with van der Waals surface area (Å²) < 4.78 is 40.3. The molecule has 0 heterocycles. The third kappa shape index (κ3) is 6.76. The van der Waals surface area contributed by atoms with Crippen molar-refractivity contribution in [3.8, 4) is 0 Å². The average Bonchev–Trinajstić information content (AvgIpc) is 2.80. The van der Waals surface area contributed by atoms with Crippen molar-refractivity contribution in [2.75, 3.05) is 17.2 Å². The van der Waals surface area contributed by atoms with Gasteiger partial charge < -0.3 is 26.2 Å². The second kappa shape index (κ2) is 11.1. The Labute approximate surface area is 206 Å². The molecule has 0 aliphatic carbocycles. The lowest BCUT2D eigenvalue weighted by Crippen LogP contribution is -2.19.